The van der Waals surface area contributed by atoms with Crippen molar-refractivity contribution in [1.82, 2.24) is 10.2 Å². The lowest BCUT2D eigenvalue weighted by atomic mass is 10.1. The Labute approximate surface area is 68.8 Å². The molecule has 0 aliphatic carbocycles. The third-order valence-electron chi connectivity index (χ3n) is 1.53. The van der Waals surface area contributed by atoms with Crippen LogP contribution in [0, 0.1) is 0 Å². The molecular weight excluding hydrogens is 140 g/mol. The predicted octanol–water partition coefficient (Wildman–Crippen LogP) is 0.463. The van der Waals surface area contributed by atoms with Crippen molar-refractivity contribution in [3.8, 4) is 0 Å². The lowest BCUT2D eigenvalue weighted by Gasteiger charge is -2.19. The maximum absolute atomic E-state index is 10.1. The zero-order valence-corrected chi connectivity index (χ0v) is 7.63. The monoisotopic (exact) mass is 158 g/mol. The van der Waals surface area contributed by atoms with Crippen molar-refractivity contribution in [2.75, 3.05) is 20.6 Å². The molecule has 11 heavy (non-hydrogen) atoms. The number of likely N-dealkylation sites (N-methyl/N-ethyl adjacent to an activating group) is 1. The minimum absolute atomic E-state index is 0.312. The van der Waals surface area contributed by atoms with Gasteiger partial charge in [-0.1, -0.05) is 13.3 Å². The lowest BCUT2D eigenvalue weighted by Crippen LogP contribution is -2.37. The number of carbonyl (C=O) groups is 1. The summed E-state index contributed by atoms with van der Waals surface area (Å²) < 4.78 is 0. The molecule has 0 aliphatic rings. The van der Waals surface area contributed by atoms with E-state index in [-0.39, 0.29) is 0 Å². The minimum Gasteiger partial charge on any atom is -0.355 e. The average Bonchev–Trinajstić information content (AvgIpc) is 1.87. The van der Waals surface area contributed by atoms with E-state index >= 15 is 0 Å². The second kappa shape index (κ2) is 6.16. The van der Waals surface area contributed by atoms with E-state index in [1.807, 2.05) is 14.1 Å². The number of carbonyl (C=O) groups excluding carboxylic acids is 1. The Bertz CT molecular complexity index is 104. The normalized spacial score (nSPS) is 13.1. The van der Waals surface area contributed by atoms with E-state index in [1.54, 1.807) is 0 Å². The molecule has 1 amide bonds. The smallest absolute Gasteiger partial charge is 0.207 e. The summed E-state index contributed by atoms with van der Waals surface area (Å²) >= 11 is 0. The highest BCUT2D eigenvalue weighted by Crippen LogP contribution is 1.96. The summed E-state index contributed by atoms with van der Waals surface area (Å²) in [7, 11) is 4.02. The molecule has 0 fully saturated rings. The molecule has 0 radical (unpaired) electrons. The molecule has 0 aromatic heterocycles. The summed E-state index contributed by atoms with van der Waals surface area (Å²) in [5.41, 5.74) is 0. The third kappa shape index (κ3) is 5.85. The van der Waals surface area contributed by atoms with Crippen LogP contribution in [-0.2, 0) is 4.79 Å². The number of amides is 1. The molecule has 0 aromatic rings. The van der Waals surface area contributed by atoms with Gasteiger partial charge in [-0.3, -0.25) is 4.79 Å². The van der Waals surface area contributed by atoms with Gasteiger partial charge in [0.25, 0.3) is 0 Å². The van der Waals surface area contributed by atoms with Crippen LogP contribution in [0.25, 0.3) is 0 Å². The van der Waals surface area contributed by atoms with E-state index in [0.29, 0.717) is 6.04 Å². The molecule has 0 spiro atoms. The van der Waals surface area contributed by atoms with Gasteiger partial charge in [0, 0.05) is 12.6 Å². The van der Waals surface area contributed by atoms with E-state index in [1.165, 1.54) is 0 Å². The average molecular weight is 158 g/mol. The van der Waals surface area contributed by atoms with Gasteiger partial charge in [-0.2, -0.15) is 0 Å². The standard InChI is InChI=1S/C8H18N2O/c1-4-5-8(9-7-11)6-10(2)3/h7-8H,4-6H2,1-3H3,(H,9,11)/t8-/m0/s1. The second-order valence-corrected chi connectivity index (χ2v) is 3.03. The maximum atomic E-state index is 10.1. The Hall–Kier alpha value is -0.570. The van der Waals surface area contributed by atoms with E-state index in [0.717, 1.165) is 25.8 Å². The summed E-state index contributed by atoms with van der Waals surface area (Å²) in [5, 5.41) is 2.79. The van der Waals surface area contributed by atoms with Gasteiger partial charge in [0.05, 0.1) is 0 Å². The van der Waals surface area contributed by atoms with Crippen molar-refractivity contribution in [3.63, 3.8) is 0 Å². The maximum Gasteiger partial charge on any atom is 0.207 e. The first-order chi connectivity index (χ1) is 5.20. The van der Waals surface area contributed by atoms with Gasteiger partial charge in [0.2, 0.25) is 6.41 Å². The molecule has 0 aliphatic heterocycles. The van der Waals surface area contributed by atoms with Gasteiger partial charge in [-0.15, -0.1) is 0 Å². The van der Waals surface area contributed by atoms with Crippen molar-refractivity contribution in [2.45, 2.75) is 25.8 Å². The molecule has 3 heteroatoms. The fourth-order valence-electron chi connectivity index (χ4n) is 1.11. The molecule has 0 aromatic carbocycles. The summed E-state index contributed by atoms with van der Waals surface area (Å²) in [4.78, 5) is 12.2. The molecule has 0 unspecified atom stereocenters. The van der Waals surface area contributed by atoms with Crippen molar-refractivity contribution < 1.29 is 4.79 Å². The van der Waals surface area contributed by atoms with Crippen LogP contribution in [0.2, 0.25) is 0 Å². The number of hydrogen-bond acceptors (Lipinski definition) is 2. The van der Waals surface area contributed by atoms with Crippen LogP contribution in [0.15, 0.2) is 0 Å². The molecule has 0 bridgehead atoms. The highest BCUT2D eigenvalue weighted by molar-refractivity contribution is 5.46. The highest BCUT2D eigenvalue weighted by Gasteiger charge is 2.05. The minimum atomic E-state index is 0.312. The molecular formula is C8H18N2O. The Balaban J connectivity index is 3.58. The molecule has 0 rings (SSSR count). The zero-order chi connectivity index (χ0) is 8.69. The molecule has 66 valence electrons. The van der Waals surface area contributed by atoms with Gasteiger partial charge in [-0.05, 0) is 20.5 Å². The fraction of sp³-hybridized carbons (Fsp3) is 0.875. The Morgan fingerprint density at radius 2 is 2.18 bits per heavy atom. The van der Waals surface area contributed by atoms with Crippen molar-refractivity contribution >= 4 is 6.41 Å². The van der Waals surface area contributed by atoms with Crippen LogP contribution in [0.3, 0.4) is 0 Å². The van der Waals surface area contributed by atoms with Gasteiger partial charge in [0.15, 0.2) is 0 Å². The quantitative estimate of drug-likeness (QED) is 0.570. The lowest BCUT2D eigenvalue weighted by molar-refractivity contribution is -0.110. The zero-order valence-electron chi connectivity index (χ0n) is 7.63. The number of hydrogen-bond donors (Lipinski definition) is 1. The van der Waals surface area contributed by atoms with E-state index in [4.69, 9.17) is 0 Å². The van der Waals surface area contributed by atoms with Crippen LogP contribution in [0.5, 0.6) is 0 Å². The van der Waals surface area contributed by atoms with Crippen molar-refractivity contribution in [2.24, 2.45) is 0 Å². The van der Waals surface area contributed by atoms with E-state index < -0.39 is 0 Å². The van der Waals surface area contributed by atoms with Crippen LogP contribution in [0.4, 0.5) is 0 Å². The van der Waals surface area contributed by atoms with Gasteiger partial charge in [0.1, 0.15) is 0 Å². The second-order valence-electron chi connectivity index (χ2n) is 3.03. The number of nitrogens with zero attached hydrogens (tertiary/aromatic N) is 1. The van der Waals surface area contributed by atoms with Crippen LogP contribution < -0.4 is 5.32 Å². The Kier molecular flexibility index (Phi) is 5.84. The molecule has 0 saturated heterocycles. The van der Waals surface area contributed by atoms with Crippen LogP contribution in [-0.4, -0.2) is 38.0 Å². The predicted molar refractivity (Wildman–Crippen MR) is 46.4 cm³/mol. The first-order valence-corrected chi connectivity index (χ1v) is 4.05. The fourth-order valence-corrected chi connectivity index (χ4v) is 1.11. The summed E-state index contributed by atoms with van der Waals surface area (Å²) in [6.45, 7) is 3.04. The van der Waals surface area contributed by atoms with E-state index in [2.05, 4.69) is 17.1 Å². The summed E-state index contributed by atoms with van der Waals surface area (Å²) in [6, 6.07) is 0.312. The first-order valence-electron chi connectivity index (χ1n) is 4.05. The molecule has 0 saturated carbocycles. The number of nitrogens with one attached hydrogen (secondary N) is 1. The SMILES string of the molecule is CCC[C@@H](CN(C)C)NC=O. The highest BCUT2D eigenvalue weighted by atomic mass is 16.1. The molecule has 1 N–H and O–H groups in total. The van der Waals surface area contributed by atoms with Crippen molar-refractivity contribution in [1.29, 1.82) is 0 Å². The number of rotatable bonds is 6. The van der Waals surface area contributed by atoms with Crippen molar-refractivity contribution in [3.05, 3.63) is 0 Å². The van der Waals surface area contributed by atoms with Crippen LogP contribution in [0.1, 0.15) is 19.8 Å². The Morgan fingerprint density at radius 1 is 1.55 bits per heavy atom. The van der Waals surface area contributed by atoms with Gasteiger partial charge >= 0.3 is 0 Å². The molecule has 1 atom stereocenters. The first kappa shape index (κ1) is 10.4. The Morgan fingerprint density at radius 3 is 2.55 bits per heavy atom. The van der Waals surface area contributed by atoms with Gasteiger partial charge < -0.3 is 10.2 Å². The molecule has 3 nitrogen and oxygen atoms in total. The topological polar surface area (TPSA) is 32.3 Å². The third-order valence-corrected chi connectivity index (χ3v) is 1.53. The summed E-state index contributed by atoms with van der Waals surface area (Å²) in [6.07, 6.45) is 2.94. The largest absolute Gasteiger partial charge is 0.355 e. The molecule has 0 heterocycles. The van der Waals surface area contributed by atoms with E-state index in [9.17, 15) is 4.79 Å². The van der Waals surface area contributed by atoms with Gasteiger partial charge in [-0.25, -0.2) is 0 Å². The van der Waals surface area contributed by atoms with Crippen LogP contribution >= 0.6 is 0 Å². The summed E-state index contributed by atoms with van der Waals surface area (Å²) in [5.74, 6) is 0.